The molecule has 0 saturated heterocycles. The summed E-state index contributed by atoms with van der Waals surface area (Å²) in [5.74, 6) is 0.467. The number of hydrogen-bond donors (Lipinski definition) is 0. The fraction of sp³-hybridized carbons (Fsp3) is 0.400. The molecule has 0 bridgehead atoms. The molecule has 0 aliphatic rings. The topological polar surface area (TPSA) is 81.1 Å². The van der Waals surface area contributed by atoms with Gasteiger partial charge in [-0.15, -0.1) is 20.4 Å². The van der Waals surface area contributed by atoms with Crippen molar-refractivity contribution in [3.05, 3.63) is 36.2 Å². The molecule has 1 heterocycles. The Balaban J connectivity index is 2.01. The summed E-state index contributed by atoms with van der Waals surface area (Å²) in [6.07, 6.45) is 0.935. The number of carbonyl (C=O) groups excluding carboxylic acids is 1. The molecule has 1 aromatic heterocycles. The number of aromatic nitrogens is 4. The smallest absolute Gasteiger partial charge is 0.410 e. The fourth-order valence-corrected chi connectivity index (χ4v) is 1.76. The molecule has 0 unspecified atom stereocenters. The van der Waals surface area contributed by atoms with Crippen LogP contribution in [0.1, 0.15) is 26.3 Å². The van der Waals surface area contributed by atoms with Gasteiger partial charge in [0.25, 0.3) is 0 Å². The lowest BCUT2D eigenvalue weighted by atomic mass is 10.1. The van der Waals surface area contributed by atoms with E-state index in [2.05, 4.69) is 20.4 Å². The van der Waals surface area contributed by atoms with Gasteiger partial charge >= 0.3 is 6.09 Å². The van der Waals surface area contributed by atoms with Gasteiger partial charge in [0.05, 0.1) is 0 Å². The van der Waals surface area contributed by atoms with Crippen LogP contribution in [0.2, 0.25) is 0 Å². The van der Waals surface area contributed by atoms with Gasteiger partial charge in [-0.25, -0.2) is 4.79 Å². The highest BCUT2D eigenvalue weighted by atomic mass is 16.6. The first-order valence-electron chi connectivity index (χ1n) is 6.89. The van der Waals surface area contributed by atoms with Crippen LogP contribution in [0.4, 0.5) is 4.79 Å². The van der Waals surface area contributed by atoms with Crippen molar-refractivity contribution in [2.24, 2.45) is 0 Å². The average molecular weight is 301 g/mol. The molecule has 0 spiro atoms. The summed E-state index contributed by atoms with van der Waals surface area (Å²) in [6.45, 7) is 5.99. The quantitative estimate of drug-likeness (QED) is 0.865. The monoisotopic (exact) mass is 301 g/mol. The predicted octanol–water partition coefficient (Wildman–Crippen LogP) is 2.30. The third-order valence-corrected chi connectivity index (χ3v) is 2.75. The van der Waals surface area contributed by atoms with Crippen molar-refractivity contribution in [2.75, 3.05) is 7.05 Å². The van der Waals surface area contributed by atoms with Crippen molar-refractivity contribution in [3.8, 4) is 11.4 Å². The molecule has 0 aliphatic heterocycles. The van der Waals surface area contributed by atoms with Crippen LogP contribution in [-0.4, -0.2) is 44.0 Å². The highest BCUT2D eigenvalue weighted by molar-refractivity contribution is 5.67. The van der Waals surface area contributed by atoms with E-state index in [1.54, 1.807) is 7.05 Å². The molecular formula is C15H19N5O2. The summed E-state index contributed by atoms with van der Waals surface area (Å²) < 4.78 is 5.32. The van der Waals surface area contributed by atoms with Crippen molar-refractivity contribution in [2.45, 2.75) is 32.9 Å². The third-order valence-electron chi connectivity index (χ3n) is 2.75. The molecule has 7 nitrogen and oxygen atoms in total. The zero-order valence-corrected chi connectivity index (χ0v) is 13.1. The molecule has 0 aliphatic carbocycles. The van der Waals surface area contributed by atoms with Crippen LogP contribution in [-0.2, 0) is 11.3 Å². The van der Waals surface area contributed by atoms with Gasteiger partial charge in [-0.1, -0.05) is 24.3 Å². The Hall–Kier alpha value is -2.57. The van der Waals surface area contributed by atoms with E-state index >= 15 is 0 Å². The second-order valence-electron chi connectivity index (χ2n) is 5.90. The molecule has 7 heteroatoms. The maximum absolute atomic E-state index is 11.9. The Kier molecular flexibility index (Phi) is 4.65. The maximum Gasteiger partial charge on any atom is 0.410 e. The van der Waals surface area contributed by atoms with Crippen LogP contribution in [0.15, 0.2) is 30.6 Å². The van der Waals surface area contributed by atoms with Crippen LogP contribution in [0, 0.1) is 0 Å². The first kappa shape index (κ1) is 15.8. The molecule has 0 saturated carbocycles. The molecule has 0 radical (unpaired) electrons. The first-order valence-corrected chi connectivity index (χ1v) is 6.89. The third kappa shape index (κ3) is 4.47. The minimum Gasteiger partial charge on any atom is -0.444 e. The Bertz CT molecular complexity index is 623. The Morgan fingerprint density at radius 2 is 1.73 bits per heavy atom. The highest BCUT2D eigenvalue weighted by Gasteiger charge is 2.19. The SMILES string of the molecule is CN(Cc1ccc(-c2nncnn2)cc1)C(=O)OC(C)(C)C. The van der Waals surface area contributed by atoms with E-state index < -0.39 is 5.60 Å². The highest BCUT2D eigenvalue weighted by Crippen LogP contribution is 2.16. The van der Waals surface area contributed by atoms with Crippen molar-refractivity contribution >= 4 is 6.09 Å². The number of nitrogens with zero attached hydrogens (tertiary/aromatic N) is 5. The summed E-state index contributed by atoms with van der Waals surface area (Å²) in [6, 6.07) is 7.56. The van der Waals surface area contributed by atoms with E-state index in [0.29, 0.717) is 12.4 Å². The summed E-state index contributed by atoms with van der Waals surface area (Å²) in [4.78, 5) is 13.4. The van der Waals surface area contributed by atoms with E-state index in [9.17, 15) is 4.79 Å². The van der Waals surface area contributed by atoms with Gasteiger partial charge in [-0.2, -0.15) is 0 Å². The molecular weight excluding hydrogens is 282 g/mol. The maximum atomic E-state index is 11.9. The predicted molar refractivity (Wildman–Crippen MR) is 80.8 cm³/mol. The van der Waals surface area contributed by atoms with E-state index in [0.717, 1.165) is 11.1 Å². The lowest BCUT2D eigenvalue weighted by Gasteiger charge is -2.24. The lowest BCUT2D eigenvalue weighted by Crippen LogP contribution is -2.33. The normalized spacial score (nSPS) is 11.1. The van der Waals surface area contributed by atoms with Crippen molar-refractivity contribution in [1.29, 1.82) is 0 Å². The zero-order valence-electron chi connectivity index (χ0n) is 13.1. The average Bonchev–Trinajstić information content (AvgIpc) is 2.47. The number of hydrogen-bond acceptors (Lipinski definition) is 6. The molecule has 2 rings (SSSR count). The minimum atomic E-state index is -0.500. The van der Waals surface area contributed by atoms with E-state index in [1.165, 1.54) is 11.2 Å². The largest absolute Gasteiger partial charge is 0.444 e. The van der Waals surface area contributed by atoms with E-state index in [1.807, 2.05) is 45.0 Å². The lowest BCUT2D eigenvalue weighted by molar-refractivity contribution is 0.0285. The Morgan fingerprint density at radius 3 is 2.27 bits per heavy atom. The standard InChI is InChI=1S/C15H19N5O2/c1-15(2,3)22-14(21)20(4)9-11-5-7-12(8-6-11)13-18-16-10-17-19-13/h5-8,10H,9H2,1-4H3. The number of rotatable bonds is 3. The molecule has 1 amide bonds. The molecule has 0 atom stereocenters. The molecule has 116 valence electrons. The number of benzene rings is 1. The number of amides is 1. The van der Waals surface area contributed by atoms with Crippen LogP contribution >= 0.6 is 0 Å². The summed E-state index contributed by atoms with van der Waals surface area (Å²) in [5, 5.41) is 15.2. The number of ether oxygens (including phenoxy) is 1. The number of carbonyl (C=O) groups is 1. The van der Waals surface area contributed by atoms with Gasteiger partial charge in [-0.05, 0) is 26.3 Å². The van der Waals surface area contributed by atoms with Gasteiger partial charge in [0.1, 0.15) is 5.60 Å². The first-order chi connectivity index (χ1) is 10.3. The summed E-state index contributed by atoms with van der Waals surface area (Å²) >= 11 is 0. The van der Waals surface area contributed by atoms with Crippen LogP contribution in [0.25, 0.3) is 11.4 Å². The summed E-state index contributed by atoms with van der Waals surface area (Å²) in [5.41, 5.74) is 1.30. The molecule has 2 aromatic rings. The molecule has 1 aromatic carbocycles. The second-order valence-corrected chi connectivity index (χ2v) is 5.90. The van der Waals surface area contributed by atoms with Crippen molar-refractivity contribution in [3.63, 3.8) is 0 Å². The van der Waals surface area contributed by atoms with Crippen molar-refractivity contribution < 1.29 is 9.53 Å². The van der Waals surface area contributed by atoms with E-state index in [4.69, 9.17) is 4.74 Å². The van der Waals surface area contributed by atoms with Gasteiger partial charge in [-0.3, -0.25) is 0 Å². The molecule has 0 fully saturated rings. The molecule has 0 N–H and O–H groups in total. The minimum absolute atomic E-state index is 0.351. The Labute approximate surface area is 129 Å². The van der Waals surface area contributed by atoms with Gasteiger partial charge in [0.15, 0.2) is 6.33 Å². The van der Waals surface area contributed by atoms with Crippen molar-refractivity contribution in [1.82, 2.24) is 25.3 Å². The van der Waals surface area contributed by atoms with E-state index in [-0.39, 0.29) is 6.09 Å². The molecule has 22 heavy (non-hydrogen) atoms. The zero-order chi connectivity index (χ0) is 16.2. The summed E-state index contributed by atoms with van der Waals surface area (Å²) in [7, 11) is 1.70. The van der Waals surface area contributed by atoms with Gasteiger partial charge in [0.2, 0.25) is 5.82 Å². The van der Waals surface area contributed by atoms with Crippen LogP contribution < -0.4 is 0 Å². The van der Waals surface area contributed by atoms with Gasteiger partial charge < -0.3 is 9.64 Å². The fourth-order valence-electron chi connectivity index (χ4n) is 1.76. The second kappa shape index (κ2) is 6.46. The van der Waals surface area contributed by atoms with Crippen LogP contribution in [0.3, 0.4) is 0 Å². The van der Waals surface area contributed by atoms with Crippen LogP contribution in [0.5, 0.6) is 0 Å². The van der Waals surface area contributed by atoms with Gasteiger partial charge in [0, 0.05) is 19.2 Å². The Morgan fingerprint density at radius 1 is 1.14 bits per heavy atom.